The summed E-state index contributed by atoms with van der Waals surface area (Å²) in [5.41, 5.74) is 4.42. The van der Waals surface area contributed by atoms with E-state index in [0.29, 0.717) is 12.2 Å². The fraction of sp³-hybridized carbons (Fsp3) is 0.130. The Morgan fingerprint density at radius 2 is 1.69 bits per heavy atom. The summed E-state index contributed by atoms with van der Waals surface area (Å²) in [6, 6.07) is 19.6. The summed E-state index contributed by atoms with van der Waals surface area (Å²) < 4.78 is 5.87. The molecular formula is C23H23NO2. The molecule has 0 atom stereocenters. The van der Waals surface area contributed by atoms with Gasteiger partial charge >= 0.3 is 0 Å². The maximum absolute atomic E-state index is 11.7. The lowest BCUT2D eigenvalue weighted by Crippen LogP contribution is -2.12. The van der Waals surface area contributed by atoms with E-state index in [4.69, 9.17) is 4.74 Å². The van der Waals surface area contributed by atoms with Gasteiger partial charge in [0.25, 0.3) is 0 Å². The number of hydrogen-bond acceptors (Lipinski definition) is 3. The van der Waals surface area contributed by atoms with Crippen molar-refractivity contribution >= 4 is 11.5 Å². The van der Waals surface area contributed by atoms with E-state index in [2.05, 4.69) is 4.98 Å². The third-order valence-corrected chi connectivity index (χ3v) is 4.00. The molecule has 26 heavy (non-hydrogen) atoms. The molecule has 3 nitrogen and oxygen atoms in total. The molecule has 0 saturated carbocycles. The number of aromatic nitrogens is 1. The van der Waals surface area contributed by atoms with Gasteiger partial charge in [0.15, 0.2) is 5.78 Å². The zero-order chi connectivity index (χ0) is 18.4. The Morgan fingerprint density at radius 3 is 2.38 bits per heavy atom. The van der Waals surface area contributed by atoms with E-state index in [0.717, 1.165) is 22.4 Å². The largest absolute Gasteiger partial charge is 0.457 e. The molecule has 0 radical (unpaired) electrons. The third kappa shape index (κ3) is 4.67. The van der Waals surface area contributed by atoms with E-state index >= 15 is 0 Å². The smallest absolute Gasteiger partial charge is 0.163 e. The molecule has 0 amide bonds. The second-order valence-electron chi connectivity index (χ2n) is 6.25. The average molecular weight is 345 g/mol. The minimum absolute atomic E-state index is 0. The predicted molar refractivity (Wildman–Crippen MR) is 106 cm³/mol. The number of hydrogen-bond donors (Lipinski definition) is 0. The number of carbonyl (C=O) groups excluding carboxylic acids is 1. The number of ether oxygens (including phenoxy) is 1. The van der Waals surface area contributed by atoms with Gasteiger partial charge in [-0.15, -0.1) is 0 Å². The molecule has 0 unspecified atom stereocenters. The minimum atomic E-state index is 0. The van der Waals surface area contributed by atoms with Gasteiger partial charge in [-0.3, -0.25) is 9.78 Å². The molecule has 0 aliphatic heterocycles. The molecule has 3 heteroatoms. The molecule has 2 aromatic carbocycles. The van der Waals surface area contributed by atoms with Crippen molar-refractivity contribution in [1.29, 1.82) is 0 Å². The summed E-state index contributed by atoms with van der Waals surface area (Å²) in [7, 11) is 0. The summed E-state index contributed by atoms with van der Waals surface area (Å²) in [5, 5.41) is 0. The monoisotopic (exact) mass is 345 g/mol. The first-order chi connectivity index (χ1) is 12.6. The molecule has 0 saturated heterocycles. The van der Waals surface area contributed by atoms with E-state index in [-0.39, 0.29) is 7.21 Å². The standard InChI is InChI=1S/C17H14O2.C6H7N.H2/c1-12-5-4-7-15(9-12)19-17-11-14(18)10-13-6-2-3-8-16(13)17;1-6-2-4-7-5-3-6;/h2-9,11H,10H2,1H3;2-5H,1H3;1H. The van der Waals surface area contributed by atoms with Gasteiger partial charge in [0, 0.05) is 31.9 Å². The summed E-state index contributed by atoms with van der Waals surface area (Å²) in [4.78, 5) is 15.6. The Balaban J connectivity index is 0.000000278. The highest BCUT2D eigenvalue weighted by atomic mass is 16.5. The Kier molecular flexibility index (Phi) is 5.59. The highest BCUT2D eigenvalue weighted by Crippen LogP contribution is 2.28. The van der Waals surface area contributed by atoms with Crippen LogP contribution in [-0.4, -0.2) is 10.8 Å². The second kappa shape index (κ2) is 8.26. The number of fused-ring (bicyclic) bond motifs is 1. The molecule has 1 aromatic heterocycles. The van der Waals surface area contributed by atoms with E-state index in [1.807, 2.05) is 74.5 Å². The fourth-order valence-corrected chi connectivity index (χ4v) is 2.69. The Morgan fingerprint density at radius 1 is 0.923 bits per heavy atom. The number of pyridine rings is 1. The van der Waals surface area contributed by atoms with Crippen molar-refractivity contribution in [3.8, 4) is 5.75 Å². The maximum Gasteiger partial charge on any atom is 0.163 e. The Bertz CT molecular complexity index is 936. The van der Waals surface area contributed by atoms with E-state index < -0.39 is 0 Å². The zero-order valence-electron chi connectivity index (χ0n) is 15.0. The van der Waals surface area contributed by atoms with Crippen LogP contribution in [0.1, 0.15) is 23.7 Å². The molecule has 3 aromatic rings. The number of allylic oxidation sites excluding steroid dienone is 1. The van der Waals surface area contributed by atoms with Gasteiger partial charge < -0.3 is 4.74 Å². The van der Waals surface area contributed by atoms with Crippen molar-refractivity contribution in [3.63, 3.8) is 0 Å². The third-order valence-electron chi connectivity index (χ3n) is 4.00. The van der Waals surface area contributed by atoms with Crippen LogP contribution in [0, 0.1) is 13.8 Å². The number of aryl methyl sites for hydroxylation is 2. The molecule has 1 heterocycles. The van der Waals surface area contributed by atoms with Crippen LogP contribution >= 0.6 is 0 Å². The molecular weight excluding hydrogens is 322 g/mol. The molecule has 132 valence electrons. The van der Waals surface area contributed by atoms with Crippen LogP contribution < -0.4 is 4.74 Å². The molecule has 1 aliphatic carbocycles. The van der Waals surface area contributed by atoms with Crippen molar-refractivity contribution in [2.24, 2.45) is 0 Å². The zero-order valence-corrected chi connectivity index (χ0v) is 15.0. The van der Waals surface area contributed by atoms with Crippen molar-refractivity contribution in [2.45, 2.75) is 20.3 Å². The highest BCUT2D eigenvalue weighted by Gasteiger charge is 2.18. The van der Waals surface area contributed by atoms with Crippen LogP contribution in [0.15, 0.2) is 79.1 Å². The molecule has 0 N–H and O–H groups in total. The van der Waals surface area contributed by atoms with Gasteiger partial charge in [0.1, 0.15) is 11.5 Å². The Hall–Kier alpha value is -3.20. The van der Waals surface area contributed by atoms with Crippen LogP contribution in [0.25, 0.3) is 5.76 Å². The van der Waals surface area contributed by atoms with Gasteiger partial charge in [-0.2, -0.15) is 0 Å². The van der Waals surface area contributed by atoms with Crippen molar-refractivity contribution in [1.82, 2.24) is 4.98 Å². The van der Waals surface area contributed by atoms with Crippen LogP contribution in [0.3, 0.4) is 0 Å². The number of nitrogens with zero attached hydrogens (tertiary/aromatic N) is 1. The molecule has 0 bridgehead atoms. The van der Waals surface area contributed by atoms with Gasteiger partial charge in [-0.05, 0) is 54.8 Å². The van der Waals surface area contributed by atoms with E-state index in [9.17, 15) is 4.79 Å². The normalized spacial score (nSPS) is 12.4. The highest BCUT2D eigenvalue weighted by molar-refractivity contribution is 6.00. The van der Waals surface area contributed by atoms with Gasteiger partial charge in [0.2, 0.25) is 0 Å². The van der Waals surface area contributed by atoms with Crippen LogP contribution in [0.5, 0.6) is 5.75 Å². The number of rotatable bonds is 2. The SMILES string of the molecule is Cc1cccc(OC2=CC(=O)Cc3ccccc32)c1.Cc1ccncc1.[HH]. The minimum Gasteiger partial charge on any atom is -0.457 e. The maximum atomic E-state index is 11.7. The summed E-state index contributed by atoms with van der Waals surface area (Å²) in [6.07, 6.45) is 5.62. The second-order valence-corrected chi connectivity index (χ2v) is 6.25. The molecule has 4 rings (SSSR count). The Labute approximate surface area is 155 Å². The predicted octanol–water partition coefficient (Wildman–Crippen LogP) is 5.18. The number of ketones is 1. The lowest BCUT2D eigenvalue weighted by Gasteiger charge is -2.17. The van der Waals surface area contributed by atoms with Crippen molar-refractivity contribution in [2.75, 3.05) is 0 Å². The van der Waals surface area contributed by atoms with Crippen LogP contribution in [-0.2, 0) is 11.2 Å². The van der Waals surface area contributed by atoms with Gasteiger partial charge in [0.05, 0.1) is 0 Å². The van der Waals surface area contributed by atoms with E-state index in [1.54, 1.807) is 18.5 Å². The van der Waals surface area contributed by atoms with Crippen molar-refractivity contribution < 1.29 is 11.0 Å². The lowest BCUT2D eigenvalue weighted by atomic mass is 9.95. The lowest BCUT2D eigenvalue weighted by molar-refractivity contribution is -0.114. The van der Waals surface area contributed by atoms with Crippen molar-refractivity contribution in [3.05, 3.63) is 101 Å². The first kappa shape index (κ1) is 17.6. The summed E-state index contributed by atoms with van der Waals surface area (Å²) in [5.74, 6) is 1.48. The molecule has 0 fully saturated rings. The first-order valence-electron chi connectivity index (χ1n) is 8.56. The van der Waals surface area contributed by atoms with E-state index in [1.165, 1.54) is 5.56 Å². The molecule has 1 aliphatic rings. The van der Waals surface area contributed by atoms with Gasteiger partial charge in [-0.25, -0.2) is 0 Å². The quantitative estimate of drug-likeness (QED) is 0.643. The topological polar surface area (TPSA) is 39.2 Å². The molecule has 0 spiro atoms. The summed E-state index contributed by atoms with van der Waals surface area (Å²) in [6.45, 7) is 4.06. The summed E-state index contributed by atoms with van der Waals surface area (Å²) >= 11 is 0. The van der Waals surface area contributed by atoms with Crippen LogP contribution in [0.4, 0.5) is 0 Å². The van der Waals surface area contributed by atoms with Crippen LogP contribution in [0.2, 0.25) is 0 Å². The fourth-order valence-electron chi connectivity index (χ4n) is 2.69. The van der Waals surface area contributed by atoms with Gasteiger partial charge in [-0.1, -0.05) is 36.4 Å². The first-order valence-corrected chi connectivity index (χ1v) is 8.56. The average Bonchev–Trinajstić information content (AvgIpc) is 2.63. The number of carbonyl (C=O) groups is 1. The number of benzene rings is 2.